The van der Waals surface area contributed by atoms with Gasteiger partial charge in [-0.05, 0) is 44.3 Å². The highest BCUT2D eigenvalue weighted by Crippen LogP contribution is 2.35. The summed E-state index contributed by atoms with van der Waals surface area (Å²) in [6, 6.07) is 4.27. The Morgan fingerprint density at radius 2 is 2.00 bits per heavy atom. The van der Waals surface area contributed by atoms with Crippen molar-refractivity contribution in [3.05, 3.63) is 23.3 Å². The summed E-state index contributed by atoms with van der Waals surface area (Å²) in [5.74, 6) is 0.988. The lowest BCUT2D eigenvalue weighted by Gasteiger charge is -2.29. The minimum atomic E-state index is 0.966. The van der Waals surface area contributed by atoms with E-state index in [-0.39, 0.29) is 0 Å². The first-order valence-electron chi connectivity index (χ1n) is 6.88. The Hall–Kier alpha value is -1.26. The molecule has 2 rings (SSSR count). The molecule has 106 valence electrons. The van der Waals surface area contributed by atoms with Gasteiger partial charge in [-0.2, -0.15) is 0 Å². The van der Waals surface area contributed by atoms with E-state index >= 15 is 0 Å². The predicted octanol–water partition coefficient (Wildman–Crippen LogP) is 1.34. The van der Waals surface area contributed by atoms with E-state index < -0.39 is 0 Å². The maximum Gasteiger partial charge on any atom is 0.142 e. The van der Waals surface area contributed by atoms with Crippen LogP contribution in [0.25, 0.3) is 0 Å². The van der Waals surface area contributed by atoms with Crippen LogP contribution in [-0.2, 0) is 13.0 Å². The molecule has 0 amide bonds. The molecule has 4 nitrogen and oxygen atoms in total. The molecule has 1 aromatic rings. The Morgan fingerprint density at radius 3 is 2.68 bits per heavy atom. The summed E-state index contributed by atoms with van der Waals surface area (Å²) in [4.78, 5) is 4.53. The third-order valence-corrected chi connectivity index (χ3v) is 3.69. The second-order valence-electron chi connectivity index (χ2n) is 5.41. The highest BCUT2D eigenvalue weighted by molar-refractivity contribution is 5.66. The largest absolute Gasteiger partial charge is 0.495 e. The molecule has 0 bridgehead atoms. The smallest absolute Gasteiger partial charge is 0.142 e. The van der Waals surface area contributed by atoms with Gasteiger partial charge in [0, 0.05) is 26.7 Å². The Bertz CT molecular complexity index is 432. The Balaban J connectivity index is 2.30. The number of fused-ring (bicyclic) bond motifs is 1. The molecule has 0 radical (unpaired) electrons. The Morgan fingerprint density at radius 1 is 1.21 bits per heavy atom. The second-order valence-corrected chi connectivity index (χ2v) is 5.41. The molecule has 0 saturated carbocycles. The van der Waals surface area contributed by atoms with Crippen LogP contribution >= 0.6 is 0 Å². The summed E-state index contributed by atoms with van der Waals surface area (Å²) in [5, 5.41) is 3.43. The third kappa shape index (κ3) is 3.19. The van der Waals surface area contributed by atoms with Crippen LogP contribution in [-0.4, -0.2) is 52.8 Å². The van der Waals surface area contributed by atoms with Crippen molar-refractivity contribution in [2.75, 3.05) is 52.8 Å². The molecule has 1 N–H and O–H groups in total. The van der Waals surface area contributed by atoms with Gasteiger partial charge in [-0.15, -0.1) is 0 Å². The molecule has 0 unspecified atom stereocenters. The number of hydrogen-bond acceptors (Lipinski definition) is 4. The van der Waals surface area contributed by atoms with Gasteiger partial charge in [0.1, 0.15) is 5.75 Å². The summed E-state index contributed by atoms with van der Waals surface area (Å²) >= 11 is 0. The average Bonchev–Trinajstić information content (AvgIpc) is 2.43. The van der Waals surface area contributed by atoms with E-state index in [9.17, 15) is 0 Å². The van der Waals surface area contributed by atoms with Crippen LogP contribution in [0.1, 0.15) is 11.1 Å². The van der Waals surface area contributed by atoms with Gasteiger partial charge in [-0.25, -0.2) is 0 Å². The molecule has 1 aromatic carbocycles. The molecule has 0 fully saturated rings. The number of benzene rings is 1. The molecule has 1 aliphatic rings. The zero-order chi connectivity index (χ0) is 13.8. The highest BCUT2D eigenvalue weighted by atomic mass is 16.5. The number of nitrogens with one attached hydrogen (secondary N) is 1. The normalized spacial score (nSPS) is 14.4. The Kier molecular flexibility index (Phi) is 4.66. The van der Waals surface area contributed by atoms with Crippen LogP contribution in [0.2, 0.25) is 0 Å². The maximum atomic E-state index is 5.56. The van der Waals surface area contributed by atoms with Crippen LogP contribution in [0.4, 0.5) is 5.69 Å². The molecule has 1 heterocycles. The molecule has 0 spiro atoms. The zero-order valence-corrected chi connectivity index (χ0v) is 12.5. The molecular formula is C15H25N3O. The van der Waals surface area contributed by atoms with Crippen LogP contribution in [0.5, 0.6) is 5.75 Å². The quantitative estimate of drug-likeness (QED) is 0.867. The minimum absolute atomic E-state index is 0.966. The van der Waals surface area contributed by atoms with E-state index in [0.717, 1.165) is 38.3 Å². The lowest BCUT2D eigenvalue weighted by Crippen LogP contribution is -2.31. The minimum Gasteiger partial charge on any atom is -0.495 e. The van der Waals surface area contributed by atoms with Gasteiger partial charge < -0.3 is 19.9 Å². The van der Waals surface area contributed by atoms with Crippen molar-refractivity contribution in [1.82, 2.24) is 10.2 Å². The highest BCUT2D eigenvalue weighted by Gasteiger charge is 2.19. The first-order chi connectivity index (χ1) is 9.13. The number of ether oxygens (including phenoxy) is 1. The summed E-state index contributed by atoms with van der Waals surface area (Å²) in [7, 11) is 8.13. The van der Waals surface area contributed by atoms with Gasteiger partial charge in [-0.3, -0.25) is 0 Å². The number of methoxy groups -OCH3 is 1. The molecule has 0 aliphatic carbocycles. The standard InChI is InChI=1S/C15H25N3O/c1-17(2)9-10-18(3)15-13-7-8-16-11-12(13)5-6-14(15)19-4/h5-6,16H,7-11H2,1-4H3. The Labute approximate surface area is 116 Å². The summed E-state index contributed by atoms with van der Waals surface area (Å²) in [5.41, 5.74) is 4.11. The lowest BCUT2D eigenvalue weighted by molar-refractivity contribution is 0.405. The van der Waals surface area contributed by atoms with Crippen molar-refractivity contribution < 1.29 is 4.74 Å². The second kappa shape index (κ2) is 6.26. The lowest BCUT2D eigenvalue weighted by atomic mass is 9.97. The maximum absolute atomic E-state index is 5.56. The predicted molar refractivity (Wildman–Crippen MR) is 80.2 cm³/mol. The number of likely N-dealkylation sites (N-methyl/N-ethyl adjacent to an activating group) is 2. The first kappa shape index (κ1) is 14.2. The van der Waals surface area contributed by atoms with E-state index in [2.05, 4.69) is 48.4 Å². The number of nitrogens with zero attached hydrogens (tertiary/aromatic N) is 2. The number of hydrogen-bond donors (Lipinski definition) is 1. The van der Waals surface area contributed by atoms with E-state index in [4.69, 9.17) is 4.74 Å². The monoisotopic (exact) mass is 263 g/mol. The fourth-order valence-electron chi connectivity index (χ4n) is 2.58. The zero-order valence-electron chi connectivity index (χ0n) is 12.5. The summed E-state index contributed by atoms with van der Waals surface area (Å²) < 4.78 is 5.56. The van der Waals surface area contributed by atoms with Gasteiger partial charge in [-0.1, -0.05) is 6.07 Å². The third-order valence-electron chi connectivity index (χ3n) is 3.69. The van der Waals surface area contributed by atoms with Crippen molar-refractivity contribution in [1.29, 1.82) is 0 Å². The average molecular weight is 263 g/mol. The molecular weight excluding hydrogens is 238 g/mol. The van der Waals surface area contributed by atoms with Crippen LogP contribution in [0.3, 0.4) is 0 Å². The van der Waals surface area contributed by atoms with E-state index in [1.807, 2.05) is 0 Å². The molecule has 0 atom stereocenters. The molecule has 19 heavy (non-hydrogen) atoms. The number of anilines is 1. The van der Waals surface area contributed by atoms with Crippen molar-refractivity contribution in [3.8, 4) is 5.75 Å². The van der Waals surface area contributed by atoms with Crippen molar-refractivity contribution in [2.45, 2.75) is 13.0 Å². The van der Waals surface area contributed by atoms with Gasteiger partial charge in [0.25, 0.3) is 0 Å². The molecule has 4 heteroatoms. The topological polar surface area (TPSA) is 27.7 Å². The first-order valence-corrected chi connectivity index (χ1v) is 6.88. The van der Waals surface area contributed by atoms with Gasteiger partial charge >= 0.3 is 0 Å². The van der Waals surface area contributed by atoms with Crippen LogP contribution in [0, 0.1) is 0 Å². The molecule has 0 saturated heterocycles. The van der Waals surface area contributed by atoms with Crippen LogP contribution in [0.15, 0.2) is 12.1 Å². The summed E-state index contributed by atoms with van der Waals surface area (Å²) in [6.45, 7) is 4.07. The van der Waals surface area contributed by atoms with Gasteiger partial charge in [0.2, 0.25) is 0 Å². The fraction of sp³-hybridized carbons (Fsp3) is 0.600. The molecule has 1 aliphatic heterocycles. The molecule has 0 aromatic heterocycles. The number of rotatable bonds is 5. The van der Waals surface area contributed by atoms with Crippen molar-refractivity contribution >= 4 is 5.69 Å². The van der Waals surface area contributed by atoms with Crippen molar-refractivity contribution in [2.24, 2.45) is 0 Å². The van der Waals surface area contributed by atoms with Gasteiger partial charge in [0.15, 0.2) is 0 Å². The van der Waals surface area contributed by atoms with E-state index in [1.165, 1.54) is 16.8 Å². The van der Waals surface area contributed by atoms with Crippen LogP contribution < -0.4 is 15.0 Å². The fourth-order valence-corrected chi connectivity index (χ4v) is 2.58. The van der Waals surface area contributed by atoms with Gasteiger partial charge in [0.05, 0.1) is 12.8 Å². The van der Waals surface area contributed by atoms with E-state index in [1.54, 1.807) is 7.11 Å². The SMILES string of the molecule is COc1ccc2c(c1N(C)CCN(C)C)CCNC2. The van der Waals surface area contributed by atoms with E-state index in [0.29, 0.717) is 0 Å². The summed E-state index contributed by atoms with van der Waals surface area (Å²) in [6.07, 6.45) is 1.08. The van der Waals surface area contributed by atoms with Crippen molar-refractivity contribution in [3.63, 3.8) is 0 Å².